The normalized spacial score (nSPS) is 23.3. The molecule has 2 fully saturated rings. The van der Waals surface area contributed by atoms with Gasteiger partial charge in [0.1, 0.15) is 12.4 Å². The molecule has 5 nitrogen and oxygen atoms in total. The minimum Gasteiger partial charge on any atom is -0.491 e. The van der Waals surface area contributed by atoms with Gasteiger partial charge in [0, 0.05) is 51.9 Å². The van der Waals surface area contributed by atoms with Crippen LogP contribution in [-0.4, -0.2) is 74.9 Å². The van der Waals surface area contributed by atoms with E-state index in [4.69, 9.17) is 21.1 Å². The zero-order valence-corrected chi connectivity index (χ0v) is 15.2. The number of benzene rings is 1. The number of hydrogen-bond acceptors (Lipinski definition) is 5. The molecule has 134 valence electrons. The Morgan fingerprint density at radius 1 is 1.25 bits per heavy atom. The van der Waals surface area contributed by atoms with Crippen molar-refractivity contribution in [1.82, 2.24) is 15.1 Å². The summed E-state index contributed by atoms with van der Waals surface area (Å²) in [6.45, 7) is 11.6. The van der Waals surface area contributed by atoms with Gasteiger partial charge in [0.25, 0.3) is 0 Å². The fourth-order valence-electron chi connectivity index (χ4n) is 3.28. The second-order valence-electron chi connectivity index (χ2n) is 6.66. The maximum atomic E-state index is 6.41. The van der Waals surface area contributed by atoms with Crippen LogP contribution in [-0.2, 0) is 11.3 Å². The fourth-order valence-corrected chi connectivity index (χ4v) is 3.54. The standard InChI is InChI=1S/C18H28ClN3O2/c1-15-13-22(5-4-20-15)14-16-2-3-18(17(19)12-16)24-11-8-21-6-9-23-10-7-21/h2-3,12,15,20H,4-11,13-14H2,1H3. The van der Waals surface area contributed by atoms with Gasteiger partial charge in [-0.25, -0.2) is 0 Å². The Morgan fingerprint density at radius 2 is 2.08 bits per heavy atom. The van der Waals surface area contributed by atoms with E-state index < -0.39 is 0 Å². The van der Waals surface area contributed by atoms with Crippen LogP contribution in [0.5, 0.6) is 5.75 Å². The SMILES string of the molecule is CC1CN(Cc2ccc(OCCN3CCOCC3)c(Cl)c2)CCN1. The lowest BCUT2D eigenvalue weighted by Crippen LogP contribution is -2.48. The number of rotatable bonds is 6. The van der Waals surface area contributed by atoms with Gasteiger partial charge in [-0.05, 0) is 24.6 Å². The second kappa shape index (κ2) is 9.02. The highest BCUT2D eigenvalue weighted by molar-refractivity contribution is 6.32. The topological polar surface area (TPSA) is 37.0 Å². The zero-order chi connectivity index (χ0) is 16.8. The van der Waals surface area contributed by atoms with Gasteiger partial charge in [-0.2, -0.15) is 0 Å². The van der Waals surface area contributed by atoms with E-state index in [9.17, 15) is 0 Å². The van der Waals surface area contributed by atoms with Crippen LogP contribution in [0.2, 0.25) is 5.02 Å². The monoisotopic (exact) mass is 353 g/mol. The molecule has 0 spiro atoms. The maximum absolute atomic E-state index is 6.41. The first-order valence-electron chi connectivity index (χ1n) is 8.88. The van der Waals surface area contributed by atoms with Crippen molar-refractivity contribution in [2.45, 2.75) is 19.5 Å². The van der Waals surface area contributed by atoms with E-state index in [-0.39, 0.29) is 0 Å². The van der Waals surface area contributed by atoms with E-state index in [1.807, 2.05) is 12.1 Å². The van der Waals surface area contributed by atoms with Crippen molar-refractivity contribution in [2.75, 3.05) is 59.1 Å². The third kappa shape index (κ3) is 5.33. The molecule has 2 aliphatic heterocycles. The molecule has 1 aromatic rings. The summed E-state index contributed by atoms with van der Waals surface area (Å²) in [7, 11) is 0. The van der Waals surface area contributed by atoms with E-state index in [0.717, 1.165) is 64.8 Å². The molecular formula is C18H28ClN3O2. The van der Waals surface area contributed by atoms with Crippen LogP contribution < -0.4 is 10.1 Å². The third-order valence-electron chi connectivity index (χ3n) is 4.62. The summed E-state index contributed by atoms with van der Waals surface area (Å²) < 4.78 is 11.2. The molecule has 1 N–H and O–H groups in total. The summed E-state index contributed by atoms with van der Waals surface area (Å²) in [6.07, 6.45) is 0. The van der Waals surface area contributed by atoms with Gasteiger partial charge in [-0.15, -0.1) is 0 Å². The van der Waals surface area contributed by atoms with E-state index in [0.29, 0.717) is 17.7 Å². The number of nitrogens with zero attached hydrogens (tertiary/aromatic N) is 2. The van der Waals surface area contributed by atoms with Crippen LogP contribution in [0.1, 0.15) is 12.5 Å². The smallest absolute Gasteiger partial charge is 0.137 e. The highest BCUT2D eigenvalue weighted by Gasteiger charge is 2.16. The molecule has 0 saturated carbocycles. The molecule has 0 bridgehead atoms. The first kappa shape index (κ1) is 18.0. The Balaban J connectivity index is 1.47. The Labute approximate surface area is 149 Å². The number of hydrogen-bond donors (Lipinski definition) is 1. The van der Waals surface area contributed by atoms with Crippen molar-refractivity contribution in [2.24, 2.45) is 0 Å². The molecule has 2 heterocycles. The summed E-state index contributed by atoms with van der Waals surface area (Å²) >= 11 is 6.41. The van der Waals surface area contributed by atoms with Crippen LogP contribution in [0, 0.1) is 0 Å². The Hall–Kier alpha value is -0.850. The fraction of sp³-hybridized carbons (Fsp3) is 0.667. The molecule has 0 aliphatic carbocycles. The van der Waals surface area contributed by atoms with E-state index in [1.54, 1.807) is 0 Å². The maximum Gasteiger partial charge on any atom is 0.137 e. The van der Waals surface area contributed by atoms with Crippen LogP contribution in [0.3, 0.4) is 0 Å². The number of ether oxygens (including phenoxy) is 2. The molecule has 1 aromatic carbocycles. The van der Waals surface area contributed by atoms with Gasteiger partial charge in [-0.1, -0.05) is 17.7 Å². The number of halogens is 1. The van der Waals surface area contributed by atoms with Crippen molar-refractivity contribution in [3.05, 3.63) is 28.8 Å². The molecule has 6 heteroatoms. The lowest BCUT2D eigenvalue weighted by Gasteiger charge is -2.31. The van der Waals surface area contributed by atoms with Crippen LogP contribution in [0.4, 0.5) is 0 Å². The minimum atomic E-state index is 0.553. The summed E-state index contributed by atoms with van der Waals surface area (Å²) in [4.78, 5) is 4.82. The van der Waals surface area contributed by atoms with Crippen molar-refractivity contribution in [3.8, 4) is 5.75 Å². The van der Waals surface area contributed by atoms with Crippen molar-refractivity contribution < 1.29 is 9.47 Å². The number of morpholine rings is 1. The van der Waals surface area contributed by atoms with Gasteiger partial charge in [0.05, 0.1) is 18.2 Å². The highest BCUT2D eigenvalue weighted by Crippen LogP contribution is 2.26. The molecule has 1 atom stereocenters. The van der Waals surface area contributed by atoms with Crippen molar-refractivity contribution in [3.63, 3.8) is 0 Å². The molecule has 0 aromatic heterocycles. The van der Waals surface area contributed by atoms with Gasteiger partial charge in [0.15, 0.2) is 0 Å². The molecule has 3 rings (SSSR count). The lowest BCUT2D eigenvalue weighted by atomic mass is 10.1. The quantitative estimate of drug-likeness (QED) is 0.844. The Kier molecular flexibility index (Phi) is 6.75. The van der Waals surface area contributed by atoms with Crippen molar-refractivity contribution in [1.29, 1.82) is 0 Å². The average Bonchev–Trinajstić information content (AvgIpc) is 2.58. The van der Waals surface area contributed by atoms with Crippen molar-refractivity contribution >= 4 is 11.6 Å². The average molecular weight is 354 g/mol. The van der Waals surface area contributed by atoms with Gasteiger partial charge in [0.2, 0.25) is 0 Å². The Morgan fingerprint density at radius 3 is 2.83 bits per heavy atom. The molecule has 2 saturated heterocycles. The summed E-state index contributed by atoms with van der Waals surface area (Å²) in [5.74, 6) is 0.780. The van der Waals surface area contributed by atoms with E-state index >= 15 is 0 Å². The molecule has 2 aliphatic rings. The first-order chi connectivity index (χ1) is 11.7. The first-order valence-corrected chi connectivity index (χ1v) is 9.25. The molecule has 0 amide bonds. The predicted octanol–water partition coefficient (Wildman–Crippen LogP) is 1.84. The predicted molar refractivity (Wildman–Crippen MR) is 96.9 cm³/mol. The van der Waals surface area contributed by atoms with E-state index in [1.165, 1.54) is 5.56 Å². The van der Waals surface area contributed by atoms with Crippen LogP contribution >= 0.6 is 11.6 Å². The summed E-state index contributed by atoms with van der Waals surface area (Å²) in [5.41, 5.74) is 1.25. The van der Waals surface area contributed by atoms with Gasteiger partial charge in [-0.3, -0.25) is 9.80 Å². The summed E-state index contributed by atoms with van der Waals surface area (Å²) in [5, 5.41) is 4.18. The largest absolute Gasteiger partial charge is 0.491 e. The molecule has 0 radical (unpaired) electrons. The van der Waals surface area contributed by atoms with Crippen LogP contribution in [0.15, 0.2) is 18.2 Å². The Bertz CT molecular complexity index is 523. The number of piperazine rings is 1. The summed E-state index contributed by atoms with van der Waals surface area (Å²) in [6, 6.07) is 6.72. The lowest BCUT2D eigenvalue weighted by molar-refractivity contribution is 0.0322. The minimum absolute atomic E-state index is 0.553. The van der Waals surface area contributed by atoms with Crippen LogP contribution in [0.25, 0.3) is 0 Å². The highest BCUT2D eigenvalue weighted by atomic mass is 35.5. The second-order valence-corrected chi connectivity index (χ2v) is 7.06. The molecule has 24 heavy (non-hydrogen) atoms. The van der Waals surface area contributed by atoms with Gasteiger partial charge < -0.3 is 14.8 Å². The van der Waals surface area contributed by atoms with E-state index in [2.05, 4.69) is 28.1 Å². The molecule has 1 unspecified atom stereocenters. The molecular weight excluding hydrogens is 326 g/mol. The zero-order valence-electron chi connectivity index (χ0n) is 14.5. The number of nitrogens with one attached hydrogen (secondary N) is 1. The van der Waals surface area contributed by atoms with Gasteiger partial charge >= 0.3 is 0 Å². The third-order valence-corrected chi connectivity index (χ3v) is 4.92.